The summed E-state index contributed by atoms with van der Waals surface area (Å²) >= 11 is 0. The Morgan fingerprint density at radius 2 is 1.94 bits per heavy atom. The molecule has 1 rings (SSSR count). The number of hydrogen-bond donors (Lipinski definition) is 0. The summed E-state index contributed by atoms with van der Waals surface area (Å²) < 4.78 is 5.96. The van der Waals surface area contributed by atoms with Crippen LogP contribution in [0.1, 0.15) is 11.1 Å². The van der Waals surface area contributed by atoms with Crippen molar-refractivity contribution in [3.63, 3.8) is 0 Å². The number of hydrogen-bond acceptors (Lipinski definition) is 3. The largest absolute Gasteiger partial charge is 0.566 e. The van der Waals surface area contributed by atoms with Gasteiger partial charge in [-0.25, -0.2) is 0 Å². The van der Waals surface area contributed by atoms with Crippen molar-refractivity contribution in [1.82, 2.24) is 0 Å². The normalized spacial score (nSPS) is 11.9. The van der Waals surface area contributed by atoms with Crippen LogP contribution in [0, 0.1) is 6.92 Å². The fraction of sp³-hybridized carbons (Fsp3) is 0.462. The van der Waals surface area contributed by atoms with Gasteiger partial charge < -0.3 is 14.3 Å². The van der Waals surface area contributed by atoms with E-state index in [4.69, 9.17) is 4.74 Å². The zero-order valence-electron chi connectivity index (χ0n) is 11.6. The summed E-state index contributed by atoms with van der Waals surface area (Å²) in [6.07, 6.45) is -0.559. The quantitative estimate of drug-likeness (QED) is 0.354. The molecule has 0 radical (unpaired) electrons. The Hall–Kier alpha value is -0.820. The Kier molecular flexibility index (Phi) is 6.62. The zero-order chi connectivity index (χ0) is 13.1. The molecular formula is C13H21IN2O2. The van der Waals surface area contributed by atoms with Crippen LogP contribution in [-0.4, -0.2) is 38.8 Å². The van der Waals surface area contributed by atoms with Gasteiger partial charge in [-0.15, -0.1) is 24.0 Å². The molecule has 1 aromatic carbocycles. The first-order valence-corrected chi connectivity index (χ1v) is 5.53. The highest BCUT2D eigenvalue weighted by molar-refractivity contribution is 14.0. The van der Waals surface area contributed by atoms with E-state index in [0.29, 0.717) is 5.75 Å². The number of aliphatic imine (C=N–C) groups is 1. The van der Waals surface area contributed by atoms with Crippen LogP contribution in [-0.2, 0) is 6.54 Å². The van der Waals surface area contributed by atoms with Crippen LogP contribution in [0.15, 0.2) is 23.2 Å². The number of nitrogens with zero attached hydrogens (tertiary/aromatic N) is 2. The van der Waals surface area contributed by atoms with E-state index in [0.717, 1.165) is 22.2 Å². The van der Waals surface area contributed by atoms with Crippen LogP contribution in [0.4, 0.5) is 0 Å². The molecule has 5 heteroatoms. The van der Waals surface area contributed by atoms with Gasteiger partial charge >= 0.3 is 0 Å². The summed E-state index contributed by atoms with van der Waals surface area (Å²) in [5.41, 5.74) is 2.18. The highest BCUT2D eigenvalue weighted by Gasteiger charge is 2.11. The summed E-state index contributed by atoms with van der Waals surface area (Å²) in [7, 11) is 7.71. The average molecular weight is 364 g/mol. The maximum absolute atomic E-state index is 11.2. The molecule has 0 aliphatic carbocycles. The number of benzene rings is 1. The van der Waals surface area contributed by atoms with Crippen molar-refractivity contribution in [2.24, 2.45) is 4.99 Å². The van der Waals surface area contributed by atoms with Crippen molar-refractivity contribution in [2.45, 2.75) is 13.5 Å². The van der Waals surface area contributed by atoms with Crippen LogP contribution >= 0.6 is 24.0 Å². The first-order valence-electron chi connectivity index (χ1n) is 5.53. The second kappa shape index (κ2) is 6.94. The monoisotopic (exact) mass is 364 g/mol. The molecule has 0 aliphatic rings. The topological polar surface area (TPSA) is 44.7 Å². The van der Waals surface area contributed by atoms with Gasteiger partial charge in [0.2, 0.25) is 0 Å². The first kappa shape index (κ1) is 17.2. The van der Waals surface area contributed by atoms with Crippen molar-refractivity contribution in [3.05, 3.63) is 29.3 Å². The smallest absolute Gasteiger partial charge is 0.149 e. The lowest BCUT2D eigenvalue weighted by atomic mass is 10.1. The molecule has 0 spiro atoms. The molecule has 0 atom stereocenters. The fourth-order valence-corrected chi connectivity index (χ4v) is 1.58. The van der Waals surface area contributed by atoms with Gasteiger partial charge in [0.25, 0.3) is 0 Å². The minimum absolute atomic E-state index is 0. The summed E-state index contributed by atoms with van der Waals surface area (Å²) in [4.78, 5) is 3.48. The van der Waals surface area contributed by atoms with Gasteiger partial charge in [0, 0.05) is 18.4 Å². The lowest BCUT2D eigenvalue weighted by Crippen LogP contribution is -2.34. The third kappa shape index (κ3) is 5.68. The molecule has 4 nitrogen and oxygen atoms in total. The summed E-state index contributed by atoms with van der Waals surface area (Å²) in [5, 5.41) is 11.2. The Labute approximate surface area is 126 Å². The Bertz CT molecular complexity index is 425. The van der Waals surface area contributed by atoms with E-state index in [-0.39, 0.29) is 24.0 Å². The van der Waals surface area contributed by atoms with Gasteiger partial charge in [-0.05, 0) is 19.1 Å². The standard InChI is InChI=1S/C13H20N2O2.HI/c1-10-6-7-12(17-13(16)14-2)11(8-10)9-15(3,4)5;/h6-8H,9H2,1-5H3;1H. The van der Waals surface area contributed by atoms with Gasteiger partial charge in [-0.3, -0.25) is 4.99 Å². The van der Waals surface area contributed by atoms with Crippen LogP contribution in [0.3, 0.4) is 0 Å². The number of ether oxygens (including phenoxy) is 1. The van der Waals surface area contributed by atoms with Crippen molar-refractivity contribution in [1.29, 1.82) is 0 Å². The molecule has 0 saturated carbocycles. The molecule has 0 fully saturated rings. The maximum Gasteiger partial charge on any atom is 0.149 e. The molecular weight excluding hydrogens is 343 g/mol. The highest BCUT2D eigenvalue weighted by Crippen LogP contribution is 2.22. The lowest BCUT2D eigenvalue weighted by Gasteiger charge is -2.27. The molecule has 1 aromatic rings. The number of halogens is 1. The van der Waals surface area contributed by atoms with Gasteiger partial charge in [0.1, 0.15) is 12.6 Å². The SMILES string of the molecule is CN=C([O-])Oc1ccc(C)cc1C[N+](C)(C)C.I. The van der Waals surface area contributed by atoms with Gasteiger partial charge in [0.05, 0.1) is 21.1 Å². The van der Waals surface area contributed by atoms with Crippen LogP contribution in [0.2, 0.25) is 0 Å². The fourth-order valence-electron chi connectivity index (χ4n) is 1.58. The van der Waals surface area contributed by atoms with E-state index < -0.39 is 6.08 Å². The highest BCUT2D eigenvalue weighted by atomic mass is 127. The average Bonchev–Trinajstić information content (AvgIpc) is 2.19. The zero-order valence-corrected chi connectivity index (χ0v) is 13.9. The third-order valence-electron chi connectivity index (χ3n) is 2.24. The Balaban J connectivity index is 0.00000289. The Morgan fingerprint density at radius 3 is 2.44 bits per heavy atom. The maximum atomic E-state index is 11.2. The van der Waals surface area contributed by atoms with Crippen molar-refractivity contribution in [3.8, 4) is 5.75 Å². The van der Waals surface area contributed by atoms with Gasteiger partial charge in [-0.2, -0.15) is 0 Å². The molecule has 0 amide bonds. The number of rotatable bonds is 3. The third-order valence-corrected chi connectivity index (χ3v) is 2.24. The van der Waals surface area contributed by atoms with Crippen LogP contribution < -0.4 is 9.84 Å². The molecule has 0 saturated heterocycles. The molecule has 18 heavy (non-hydrogen) atoms. The summed E-state index contributed by atoms with van der Waals surface area (Å²) in [5.74, 6) is 0.597. The number of quaternary nitrogens is 1. The van der Waals surface area contributed by atoms with E-state index in [1.54, 1.807) is 0 Å². The summed E-state index contributed by atoms with van der Waals surface area (Å²) in [6.45, 7) is 2.82. The molecule has 0 aliphatic heterocycles. The molecule has 0 aromatic heterocycles. The molecule has 0 bridgehead atoms. The van der Waals surface area contributed by atoms with Crippen molar-refractivity contribution >= 4 is 30.1 Å². The van der Waals surface area contributed by atoms with E-state index >= 15 is 0 Å². The van der Waals surface area contributed by atoms with Crippen molar-refractivity contribution in [2.75, 3.05) is 28.2 Å². The van der Waals surface area contributed by atoms with E-state index in [9.17, 15) is 5.11 Å². The molecule has 102 valence electrons. The minimum Gasteiger partial charge on any atom is -0.566 e. The predicted octanol–water partition coefficient (Wildman–Crippen LogP) is 1.54. The molecule has 0 N–H and O–H groups in total. The Morgan fingerprint density at radius 1 is 1.33 bits per heavy atom. The predicted molar refractivity (Wildman–Crippen MR) is 82.3 cm³/mol. The first-order chi connectivity index (χ1) is 7.81. The van der Waals surface area contributed by atoms with E-state index in [1.807, 2.05) is 25.1 Å². The van der Waals surface area contributed by atoms with Crippen LogP contribution in [0.25, 0.3) is 0 Å². The van der Waals surface area contributed by atoms with E-state index in [1.165, 1.54) is 7.05 Å². The lowest BCUT2D eigenvalue weighted by molar-refractivity contribution is -0.884. The molecule has 0 heterocycles. The molecule has 0 unspecified atom stereocenters. The second-order valence-electron chi connectivity index (χ2n) is 5.15. The van der Waals surface area contributed by atoms with Crippen LogP contribution in [0.5, 0.6) is 5.75 Å². The van der Waals surface area contributed by atoms with Gasteiger partial charge in [0.15, 0.2) is 0 Å². The van der Waals surface area contributed by atoms with Crippen molar-refractivity contribution < 1.29 is 14.3 Å². The minimum atomic E-state index is -0.559. The summed E-state index contributed by atoms with van der Waals surface area (Å²) in [6, 6.07) is 5.79. The second-order valence-corrected chi connectivity index (χ2v) is 5.15. The van der Waals surface area contributed by atoms with Gasteiger partial charge in [-0.1, -0.05) is 11.6 Å². The number of aryl methyl sites for hydroxylation is 1. The van der Waals surface area contributed by atoms with E-state index in [2.05, 4.69) is 26.1 Å².